The Hall–Kier alpha value is -3.20. The molecule has 0 amide bonds. The van der Waals surface area contributed by atoms with E-state index in [1.54, 1.807) is 18.2 Å². The Morgan fingerprint density at radius 2 is 2.00 bits per heavy atom. The van der Waals surface area contributed by atoms with Gasteiger partial charge in [-0.15, -0.1) is 0 Å². The van der Waals surface area contributed by atoms with E-state index >= 15 is 0 Å². The van der Waals surface area contributed by atoms with Crippen molar-refractivity contribution < 1.29 is 23.0 Å². The molecule has 0 aliphatic carbocycles. The number of allylic oxidation sites excluding steroid dienone is 1. The van der Waals surface area contributed by atoms with Gasteiger partial charge < -0.3 is 9.47 Å². The fraction of sp³-hybridized carbons (Fsp3) is 0.111. The topological polar surface area (TPSA) is 59.3 Å². The molecule has 2 rings (SSSR count). The van der Waals surface area contributed by atoms with Crippen molar-refractivity contribution in [2.24, 2.45) is 0 Å². The van der Waals surface area contributed by atoms with E-state index in [2.05, 4.69) is 4.74 Å². The van der Waals surface area contributed by atoms with Crippen molar-refractivity contribution in [1.29, 1.82) is 5.26 Å². The average Bonchev–Trinajstić information content (AvgIpc) is 2.60. The monoisotopic (exact) mass is 329 g/mol. The number of hydrogen-bond donors (Lipinski definition) is 0. The van der Waals surface area contributed by atoms with Crippen LogP contribution in [0, 0.1) is 11.3 Å². The number of benzene rings is 2. The van der Waals surface area contributed by atoms with Crippen molar-refractivity contribution in [3.05, 3.63) is 65.2 Å². The van der Waals surface area contributed by atoms with E-state index in [1.807, 2.05) is 6.07 Å². The van der Waals surface area contributed by atoms with Crippen LogP contribution in [0.1, 0.15) is 21.5 Å². The summed E-state index contributed by atoms with van der Waals surface area (Å²) in [7, 11) is 1.33. The molecule has 0 radical (unpaired) electrons. The van der Waals surface area contributed by atoms with Gasteiger partial charge in [-0.25, -0.2) is 0 Å². The summed E-state index contributed by atoms with van der Waals surface area (Å²) in [5, 5.41) is 8.84. The van der Waals surface area contributed by atoms with Crippen LogP contribution in [0.2, 0.25) is 0 Å². The lowest BCUT2D eigenvalue weighted by Crippen LogP contribution is -2.03. The summed E-state index contributed by atoms with van der Waals surface area (Å²) in [5.74, 6) is -0.229. The third-order valence-corrected chi connectivity index (χ3v) is 3.11. The zero-order valence-corrected chi connectivity index (χ0v) is 12.7. The first-order valence-corrected chi connectivity index (χ1v) is 6.89. The summed E-state index contributed by atoms with van der Waals surface area (Å²) in [6, 6.07) is 12.6. The highest BCUT2D eigenvalue weighted by atomic mass is 19.3. The van der Waals surface area contributed by atoms with Crippen molar-refractivity contribution in [2.75, 3.05) is 7.11 Å². The molecule has 0 aliphatic heterocycles. The van der Waals surface area contributed by atoms with Crippen LogP contribution < -0.4 is 9.47 Å². The molecule has 0 aliphatic rings. The van der Waals surface area contributed by atoms with Gasteiger partial charge >= 0.3 is 6.61 Å². The number of alkyl halides is 2. The lowest BCUT2D eigenvalue weighted by atomic mass is 10.1. The van der Waals surface area contributed by atoms with Crippen molar-refractivity contribution in [2.45, 2.75) is 6.61 Å². The predicted molar refractivity (Wildman–Crippen MR) is 84.1 cm³/mol. The summed E-state index contributed by atoms with van der Waals surface area (Å²) in [4.78, 5) is 12.1. The Morgan fingerprint density at radius 3 is 2.67 bits per heavy atom. The van der Waals surface area contributed by atoms with Crippen LogP contribution in [0.25, 0.3) is 6.08 Å². The molecular formula is C18H13F2NO3. The maximum atomic E-state index is 12.3. The van der Waals surface area contributed by atoms with E-state index in [-0.39, 0.29) is 17.3 Å². The molecule has 24 heavy (non-hydrogen) atoms. The van der Waals surface area contributed by atoms with Crippen molar-refractivity contribution in [1.82, 2.24) is 0 Å². The van der Waals surface area contributed by atoms with Crippen LogP contribution in [0.15, 0.2) is 48.5 Å². The maximum absolute atomic E-state index is 12.3. The minimum Gasteiger partial charge on any atom is -0.493 e. The summed E-state index contributed by atoms with van der Waals surface area (Å²) < 4.78 is 33.9. The third-order valence-electron chi connectivity index (χ3n) is 3.11. The first-order chi connectivity index (χ1) is 11.5. The van der Waals surface area contributed by atoms with Crippen molar-refractivity contribution in [3.63, 3.8) is 0 Å². The molecule has 0 N–H and O–H groups in total. The SMILES string of the molecule is COc1cc(C=CC(=O)c2cccc(C#N)c2)ccc1OC(F)F. The average molecular weight is 329 g/mol. The van der Waals surface area contributed by atoms with Gasteiger partial charge in [0.2, 0.25) is 0 Å². The molecule has 0 spiro atoms. The standard InChI is InChI=1S/C18H13F2NO3/c1-23-17-10-12(6-8-16(17)24-18(19)20)5-7-15(22)14-4-2-3-13(9-14)11-21/h2-10,18H,1H3. The number of ether oxygens (including phenoxy) is 2. The number of carbonyl (C=O) groups is 1. The smallest absolute Gasteiger partial charge is 0.387 e. The number of hydrogen-bond acceptors (Lipinski definition) is 4. The Labute approximate surface area is 137 Å². The number of ketones is 1. The highest BCUT2D eigenvalue weighted by Crippen LogP contribution is 2.29. The maximum Gasteiger partial charge on any atom is 0.387 e. The number of halogens is 2. The van der Waals surface area contributed by atoms with Crippen LogP contribution in [0.4, 0.5) is 8.78 Å². The number of methoxy groups -OCH3 is 1. The molecule has 0 unspecified atom stereocenters. The third kappa shape index (κ3) is 4.40. The highest BCUT2D eigenvalue weighted by Gasteiger charge is 2.10. The summed E-state index contributed by atoms with van der Waals surface area (Å²) in [6.07, 6.45) is 2.86. The van der Waals surface area contributed by atoms with Gasteiger partial charge in [0.1, 0.15) is 0 Å². The van der Waals surface area contributed by atoms with Gasteiger partial charge in [0.25, 0.3) is 0 Å². The Morgan fingerprint density at radius 1 is 1.21 bits per heavy atom. The van der Waals surface area contributed by atoms with E-state index in [9.17, 15) is 13.6 Å². The molecule has 0 aromatic heterocycles. The molecule has 2 aromatic carbocycles. The largest absolute Gasteiger partial charge is 0.493 e. The van der Waals surface area contributed by atoms with E-state index in [0.717, 1.165) is 0 Å². The van der Waals surface area contributed by atoms with Crippen LogP contribution in [0.5, 0.6) is 11.5 Å². The van der Waals surface area contributed by atoms with Crippen LogP contribution in [-0.4, -0.2) is 19.5 Å². The van der Waals surface area contributed by atoms with Crippen LogP contribution in [0.3, 0.4) is 0 Å². The molecule has 0 heterocycles. The molecule has 2 aromatic rings. The van der Waals surface area contributed by atoms with Crippen LogP contribution >= 0.6 is 0 Å². The molecule has 122 valence electrons. The second-order valence-corrected chi connectivity index (χ2v) is 4.68. The van der Waals surface area contributed by atoms with Gasteiger partial charge in [0.05, 0.1) is 18.7 Å². The van der Waals surface area contributed by atoms with Crippen molar-refractivity contribution >= 4 is 11.9 Å². The van der Waals surface area contributed by atoms with Gasteiger partial charge in [0, 0.05) is 5.56 Å². The zero-order valence-electron chi connectivity index (χ0n) is 12.7. The van der Waals surface area contributed by atoms with Crippen molar-refractivity contribution in [3.8, 4) is 17.6 Å². The van der Waals surface area contributed by atoms with E-state index < -0.39 is 6.61 Å². The van der Waals surface area contributed by atoms with Gasteiger partial charge in [-0.05, 0) is 35.9 Å². The molecule has 0 fully saturated rings. The molecule has 6 heteroatoms. The number of nitrogens with zero attached hydrogens (tertiary/aromatic N) is 1. The predicted octanol–water partition coefficient (Wildman–Crippen LogP) is 4.06. The second-order valence-electron chi connectivity index (χ2n) is 4.68. The zero-order chi connectivity index (χ0) is 17.5. The number of rotatable bonds is 6. The Kier molecular flexibility index (Phi) is 5.63. The highest BCUT2D eigenvalue weighted by molar-refractivity contribution is 6.07. The van der Waals surface area contributed by atoms with E-state index in [1.165, 1.54) is 43.5 Å². The fourth-order valence-electron chi connectivity index (χ4n) is 1.99. The summed E-state index contributed by atoms with van der Waals surface area (Å²) in [5.41, 5.74) is 1.36. The first-order valence-electron chi connectivity index (χ1n) is 6.89. The molecule has 0 saturated carbocycles. The second kappa shape index (κ2) is 7.88. The Bertz CT molecular complexity index is 810. The minimum atomic E-state index is -2.95. The fourth-order valence-corrected chi connectivity index (χ4v) is 1.99. The molecule has 4 nitrogen and oxygen atoms in total. The molecule has 0 atom stereocenters. The Balaban J connectivity index is 2.19. The lowest BCUT2D eigenvalue weighted by molar-refractivity contribution is -0.0512. The molecule has 0 saturated heterocycles. The van der Waals surface area contributed by atoms with Gasteiger partial charge in [0.15, 0.2) is 17.3 Å². The molecule has 0 bridgehead atoms. The number of nitriles is 1. The summed E-state index contributed by atoms with van der Waals surface area (Å²) in [6.45, 7) is -2.95. The lowest BCUT2D eigenvalue weighted by Gasteiger charge is -2.10. The first kappa shape index (κ1) is 17.2. The normalized spacial score (nSPS) is 10.6. The van der Waals surface area contributed by atoms with Gasteiger partial charge in [-0.2, -0.15) is 14.0 Å². The molecular weight excluding hydrogens is 316 g/mol. The van der Waals surface area contributed by atoms with E-state index in [0.29, 0.717) is 16.7 Å². The van der Waals surface area contributed by atoms with Gasteiger partial charge in [-0.3, -0.25) is 4.79 Å². The van der Waals surface area contributed by atoms with E-state index in [4.69, 9.17) is 10.00 Å². The quantitative estimate of drug-likeness (QED) is 0.592. The number of carbonyl (C=O) groups excluding carboxylic acids is 1. The minimum absolute atomic E-state index is 0.0855. The van der Waals surface area contributed by atoms with Crippen LogP contribution in [-0.2, 0) is 0 Å². The summed E-state index contributed by atoms with van der Waals surface area (Å²) >= 11 is 0. The van der Waals surface area contributed by atoms with Gasteiger partial charge in [-0.1, -0.05) is 24.3 Å².